The Bertz CT molecular complexity index is 1480. The molecule has 220 valence electrons. The van der Waals surface area contributed by atoms with Crippen LogP contribution in [0.1, 0.15) is 74.3 Å². The first-order chi connectivity index (χ1) is 20.4. The van der Waals surface area contributed by atoms with Crippen LogP contribution in [0.4, 0.5) is 0 Å². The standard InChI is InChI=1S/C34H39N3O5/c1-2-29(38)27(17-22-11-7-15-30(22)39)36-33(40)32-24-13-6-12-23(24)19-37(32)34(41)28-18-25-26(35-28)14-8-16-31(25)42-20-21-9-4-3-5-10-21/h3-5,8-10,14,16,18,22-24,27,32,35H,2,6-7,11-13,15,17,19-20H2,1H3,(H,36,40). The molecule has 0 radical (unpaired) electrons. The van der Waals surface area contributed by atoms with Gasteiger partial charge in [-0.2, -0.15) is 0 Å². The van der Waals surface area contributed by atoms with Crippen LogP contribution in [0.5, 0.6) is 5.75 Å². The predicted molar refractivity (Wildman–Crippen MR) is 159 cm³/mol. The Morgan fingerprint density at radius 2 is 1.88 bits per heavy atom. The molecule has 6 rings (SSSR count). The molecule has 2 N–H and O–H groups in total. The number of hydrogen-bond donors (Lipinski definition) is 2. The van der Waals surface area contributed by atoms with Gasteiger partial charge in [0.1, 0.15) is 29.9 Å². The number of nitrogens with one attached hydrogen (secondary N) is 2. The van der Waals surface area contributed by atoms with E-state index in [4.69, 9.17) is 4.74 Å². The second-order valence-electron chi connectivity index (χ2n) is 12.1. The third-order valence-corrected chi connectivity index (χ3v) is 9.52. The van der Waals surface area contributed by atoms with Crippen LogP contribution in [0.3, 0.4) is 0 Å². The zero-order chi connectivity index (χ0) is 29.2. The van der Waals surface area contributed by atoms with Crippen LogP contribution in [-0.4, -0.2) is 51.9 Å². The summed E-state index contributed by atoms with van der Waals surface area (Å²) in [6.45, 7) is 2.71. The smallest absolute Gasteiger partial charge is 0.271 e. The van der Waals surface area contributed by atoms with Crippen molar-refractivity contribution < 1.29 is 23.9 Å². The van der Waals surface area contributed by atoms with E-state index in [9.17, 15) is 19.2 Å². The lowest BCUT2D eigenvalue weighted by Crippen LogP contribution is -2.53. The SMILES string of the molecule is CCC(=O)C(CC1CCCC1=O)NC(=O)C1C2CCCC2CN1C(=O)c1cc2c(OCc3ccccc3)cccc2[nH]1. The van der Waals surface area contributed by atoms with Crippen LogP contribution in [0.15, 0.2) is 54.6 Å². The zero-order valence-electron chi connectivity index (χ0n) is 24.1. The van der Waals surface area contributed by atoms with Gasteiger partial charge in [0.25, 0.3) is 5.91 Å². The van der Waals surface area contributed by atoms with Gasteiger partial charge in [0, 0.05) is 36.2 Å². The summed E-state index contributed by atoms with van der Waals surface area (Å²) >= 11 is 0. The van der Waals surface area contributed by atoms with Crippen LogP contribution < -0.4 is 10.1 Å². The quantitative estimate of drug-likeness (QED) is 0.349. The van der Waals surface area contributed by atoms with Crippen molar-refractivity contribution in [2.24, 2.45) is 17.8 Å². The molecule has 0 spiro atoms. The summed E-state index contributed by atoms with van der Waals surface area (Å²) in [4.78, 5) is 58.1. The Labute approximate surface area is 246 Å². The molecule has 1 aliphatic heterocycles. The highest BCUT2D eigenvalue weighted by Crippen LogP contribution is 2.43. The minimum atomic E-state index is -0.704. The van der Waals surface area contributed by atoms with Crippen LogP contribution >= 0.6 is 0 Å². The molecule has 1 saturated heterocycles. The maximum atomic E-state index is 14.0. The number of ketones is 2. The van der Waals surface area contributed by atoms with E-state index in [1.54, 1.807) is 11.8 Å². The summed E-state index contributed by atoms with van der Waals surface area (Å²) in [6.07, 6.45) is 5.67. The van der Waals surface area contributed by atoms with Gasteiger partial charge in [-0.1, -0.05) is 49.7 Å². The van der Waals surface area contributed by atoms with Crippen molar-refractivity contribution in [2.75, 3.05) is 6.54 Å². The van der Waals surface area contributed by atoms with Gasteiger partial charge in [-0.05, 0) is 67.7 Å². The first-order valence-corrected chi connectivity index (χ1v) is 15.4. The molecule has 2 aliphatic carbocycles. The molecular weight excluding hydrogens is 530 g/mol. The number of aromatic amines is 1. The number of ether oxygens (including phenoxy) is 1. The Hall–Kier alpha value is -3.94. The summed E-state index contributed by atoms with van der Waals surface area (Å²) in [7, 11) is 0. The monoisotopic (exact) mass is 569 g/mol. The maximum absolute atomic E-state index is 14.0. The normalized spacial score (nSPS) is 24.1. The number of likely N-dealkylation sites (tertiary alicyclic amines) is 1. The summed E-state index contributed by atoms with van der Waals surface area (Å²) in [5.74, 6) is 0.428. The summed E-state index contributed by atoms with van der Waals surface area (Å²) in [5, 5.41) is 3.82. The number of Topliss-reactive ketones (excluding diaryl/α,β-unsaturated/α-hetero) is 2. The van der Waals surface area contributed by atoms with Crippen LogP contribution in [0.2, 0.25) is 0 Å². The fourth-order valence-electron chi connectivity index (χ4n) is 7.30. The van der Waals surface area contributed by atoms with Crippen LogP contribution in [0, 0.1) is 17.8 Å². The molecule has 3 aromatic rings. The molecule has 3 fully saturated rings. The average molecular weight is 570 g/mol. The van der Waals surface area contributed by atoms with E-state index in [1.807, 2.05) is 54.6 Å². The fourth-order valence-corrected chi connectivity index (χ4v) is 7.30. The molecule has 0 bridgehead atoms. The number of rotatable bonds is 10. The zero-order valence-corrected chi connectivity index (χ0v) is 24.1. The highest BCUT2D eigenvalue weighted by atomic mass is 16.5. The fraction of sp³-hybridized carbons (Fsp3) is 0.471. The predicted octanol–water partition coefficient (Wildman–Crippen LogP) is 5.21. The first-order valence-electron chi connectivity index (χ1n) is 15.4. The van der Waals surface area contributed by atoms with Crippen molar-refractivity contribution in [1.82, 2.24) is 15.2 Å². The molecule has 5 unspecified atom stereocenters. The maximum Gasteiger partial charge on any atom is 0.271 e. The molecule has 3 aliphatic rings. The largest absolute Gasteiger partial charge is 0.488 e. The van der Waals surface area contributed by atoms with Crippen molar-refractivity contribution in [3.8, 4) is 5.75 Å². The molecule has 2 amide bonds. The van der Waals surface area contributed by atoms with Crippen molar-refractivity contribution in [2.45, 2.75) is 77.0 Å². The summed E-state index contributed by atoms with van der Waals surface area (Å²) in [5.41, 5.74) is 2.26. The number of nitrogens with zero attached hydrogens (tertiary/aromatic N) is 1. The number of carbonyl (C=O) groups is 4. The van der Waals surface area contributed by atoms with E-state index >= 15 is 0 Å². The minimum absolute atomic E-state index is 0.0635. The lowest BCUT2D eigenvalue weighted by molar-refractivity contribution is -0.131. The number of hydrogen-bond acceptors (Lipinski definition) is 5. The van der Waals surface area contributed by atoms with Gasteiger partial charge in [-0.15, -0.1) is 0 Å². The molecule has 2 saturated carbocycles. The molecule has 5 atom stereocenters. The Morgan fingerprint density at radius 1 is 1.05 bits per heavy atom. The number of benzene rings is 2. The summed E-state index contributed by atoms with van der Waals surface area (Å²) in [6, 6.07) is 16.1. The van der Waals surface area contributed by atoms with Crippen molar-refractivity contribution in [3.05, 3.63) is 65.9 Å². The Kier molecular flexibility index (Phi) is 8.13. The van der Waals surface area contributed by atoms with E-state index in [2.05, 4.69) is 10.3 Å². The van der Waals surface area contributed by atoms with Gasteiger partial charge >= 0.3 is 0 Å². The lowest BCUT2D eigenvalue weighted by Gasteiger charge is -2.29. The number of carbonyl (C=O) groups excluding carboxylic acids is 4. The molecule has 1 aromatic heterocycles. The molecule has 8 heteroatoms. The van der Waals surface area contributed by atoms with E-state index in [0.29, 0.717) is 37.4 Å². The van der Waals surface area contributed by atoms with Crippen molar-refractivity contribution in [1.29, 1.82) is 0 Å². The van der Waals surface area contributed by atoms with E-state index in [-0.39, 0.29) is 47.6 Å². The Balaban J connectivity index is 1.22. The van der Waals surface area contributed by atoms with E-state index < -0.39 is 12.1 Å². The van der Waals surface area contributed by atoms with E-state index in [1.165, 1.54) is 0 Å². The van der Waals surface area contributed by atoms with E-state index in [0.717, 1.165) is 48.6 Å². The second-order valence-corrected chi connectivity index (χ2v) is 12.1. The Morgan fingerprint density at radius 3 is 2.64 bits per heavy atom. The molecule has 2 aromatic carbocycles. The van der Waals surface area contributed by atoms with Gasteiger partial charge in [-0.25, -0.2) is 0 Å². The third-order valence-electron chi connectivity index (χ3n) is 9.52. The minimum Gasteiger partial charge on any atom is -0.488 e. The highest BCUT2D eigenvalue weighted by Gasteiger charge is 2.50. The molecule has 42 heavy (non-hydrogen) atoms. The topological polar surface area (TPSA) is 109 Å². The number of fused-ring (bicyclic) bond motifs is 2. The van der Waals surface area contributed by atoms with Gasteiger partial charge in [0.2, 0.25) is 5.91 Å². The first kappa shape index (κ1) is 28.2. The second kappa shape index (κ2) is 12.1. The number of H-pyrrole nitrogens is 1. The lowest BCUT2D eigenvalue weighted by atomic mass is 9.91. The molecular formula is C34H39N3O5. The van der Waals surface area contributed by atoms with Crippen molar-refractivity contribution >= 4 is 34.3 Å². The van der Waals surface area contributed by atoms with Gasteiger partial charge < -0.3 is 19.9 Å². The average Bonchev–Trinajstić information content (AvgIpc) is 3.79. The van der Waals surface area contributed by atoms with Gasteiger partial charge in [0.05, 0.1) is 6.04 Å². The highest BCUT2D eigenvalue weighted by molar-refractivity contribution is 6.02. The van der Waals surface area contributed by atoms with Crippen LogP contribution in [-0.2, 0) is 21.0 Å². The van der Waals surface area contributed by atoms with Crippen molar-refractivity contribution in [3.63, 3.8) is 0 Å². The van der Waals surface area contributed by atoms with Crippen LogP contribution in [0.25, 0.3) is 10.9 Å². The number of amides is 2. The van der Waals surface area contributed by atoms with Gasteiger partial charge in [0.15, 0.2) is 5.78 Å². The molecule has 8 nitrogen and oxygen atoms in total. The number of aromatic nitrogens is 1. The van der Waals surface area contributed by atoms with Gasteiger partial charge in [-0.3, -0.25) is 19.2 Å². The molecule has 2 heterocycles. The summed E-state index contributed by atoms with van der Waals surface area (Å²) < 4.78 is 6.12. The third kappa shape index (κ3) is 5.59.